The van der Waals surface area contributed by atoms with Crippen molar-refractivity contribution in [1.29, 1.82) is 0 Å². The maximum absolute atomic E-state index is 12.5. The summed E-state index contributed by atoms with van der Waals surface area (Å²) in [5, 5.41) is 7.23. The van der Waals surface area contributed by atoms with Crippen LogP contribution in [0.15, 0.2) is 59.4 Å². The maximum atomic E-state index is 12.5. The fourth-order valence-electron chi connectivity index (χ4n) is 2.21. The number of aryl methyl sites for hydroxylation is 1. The first-order chi connectivity index (χ1) is 10.6. The van der Waals surface area contributed by atoms with Crippen LogP contribution in [0.25, 0.3) is 18.5 Å². The fraction of sp³-hybridized carbons (Fsp3) is 0.0556. The number of nitrogens with zero attached hydrogens (tertiary/aromatic N) is 1. The Morgan fingerprint density at radius 1 is 1.09 bits per heavy atom. The molecule has 2 aromatic carbocycles. The molecule has 2 N–H and O–H groups in total. The predicted molar refractivity (Wildman–Crippen MR) is 90.4 cm³/mol. The Morgan fingerprint density at radius 2 is 1.77 bits per heavy atom. The SMILES string of the molecule is C=c1[nH]n(-c2ccccc2)c(=O)/c1=C\Nc1ccc(C)cc1. The van der Waals surface area contributed by atoms with Crippen LogP contribution in [-0.2, 0) is 0 Å². The van der Waals surface area contributed by atoms with Gasteiger partial charge < -0.3 is 5.32 Å². The summed E-state index contributed by atoms with van der Waals surface area (Å²) in [5.41, 5.74) is 2.77. The lowest BCUT2D eigenvalue weighted by Crippen LogP contribution is -2.34. The van der Waals surface area contributed by atoms with Crippen molar-refractivity contribution in [2.24, 2.45) is 0 Å². The van der Waals surface area contributed by atoms with Crippen LogP contribution >= 0.6 is 0 Å². The highest BCUT2D eigenvalue weighted by atomic mass is 16.1. The quantitative estimate of drug-likeness (QED) is 0.772. The summed E-state index contributed by atoms with van der Waals surface area (Å²) < 4.78 is 1.49. The van der Waals surface area contributed by atoms with Gasteiger partial charge in [-0.25, -0.2) is 4.68 Å². The van der Waals surface area contributed by atoms with Crippen LogP contribution in [0.4, 0.5) is 5.69 Å². The highest BCUT2D eigenvalue weighted by Gasteiger charge is 2.03. The van der Waals surface area contributed by atoms with Gasteiger partial charge in [0.05, 0.1) is 16.3 Å². The molecule has 4 nitrogen and oxygen atoms in total. The van der Waals surface area contributed by atoms with Gasteiger partial charge in [-0.2, -0.15) is 0 Å². The fourth-order valence-corrected chi connectivity index (χ4v) is 2.21. The second-order valence-corrected chi connectivity index (χ2v) is 5.13. The molecule has 0 spiro atoms. The molecular weight excluding hydrogens is 274 g/mol. The van der Waals surface area contributed by atoms with Crippen molar-refractivity contribution in [1.82, 2.24) is 9.78 Å². The van der Waals surface area contributed by atoms with E-state index in [1.54, 1.807) is 6.20 Å². The molecule has 0 unspecified atom stereocenters. The molecule has 0 saturated heterocycles. The third kappa shape index (κ3) is 2.72. The zero-order valence-corrected chi connectivity index (χ0v) is 12.3. The Balaban J connectivity index is 2.00. The number of rotatable bonds is 3. The van der Waals surface area contributed by atoms with Crippen molar-refractivity contribution >= 4 is 18.5 Å². The molecule has 0 aliphatic carbocycles. The summed E-state index contributed by atoms with van der Waals surface area (Å²) in [5.74, 6) is 0. The molecule has 0 saturated carbocycles. The van der Waals surface area contributed by atoms with Crippen LogP contribution in [0.3, 0.4) is 0 Å². The van der Waals surface area contributed by atoms with Gasteiger partial charge in [0.25, 0.3) is 5.56 Å². The van der Waals surface area contributed by atoms with Crippen molar-refractivity contribution in [3.05, 3.63) is 81.1 Å². The number of para-hydroxylation sites is 1. The molecule has 0 radical (unpaired) electrons. The van der Waals surface area contributed by atoms with Crippen LogP contribution in [0, 0.1) is 6.92 Å². The minimum atomic E-state index is -0.129. The molecular formula is C18H17N3O. The summed E-state index contributed by atoms with van der Waals surface area (Å²) in [7, 11) is 0. The van der Waals surface area contributed by atoms with E-state index in [-0.39, 0.29) is 5.56 Å². The van der Waals surface area contributed by atoms with E-state index in [0.717, 1.165) is 11.4 Å². The van der Waals surface area contributed by atoms with Gasteiger partial charge in [-0.05, 0) is 31.2 Å². The summed E-state index contributed by atoms with van der Waals surface area (Å²) in [4.78, 5) is 12.5. The summed E-state index contributed by atoms with van der Waals surface area (Å²) >= 11 is 0. The predicted octanol–water partition coefficient (Wildman–Crippen LogP) is 1.73. The van der Waals surface area contributed by atoms with Crippen LogP contribution in [0.5, 0.6) is 0 Å². The molecule has 0 aliphatic heterocycles. The third-order valence-corrected chi connectivity index (χ3v) is 3.45. The molecule has 110 valence electrons. The average Bonchev–Trinajstić information content (AvgIpc) is 2.82. The second kappa shape index (κ2) is 5.77. The first kappa shape index (κ1) is 13.9. The molecule has 3 rings (SSSR count). The van der Waals surface area contributed by atoms with Crippen LogP contribution in [0.1, 0.15) is 5.56 Å². The number of hydrogen-bond donors (Lipinski definition) is 2. The van der Waals surface area contributed by atoms with E-state index in [1.165, 1.54) is 10.2 Å². The number of benzene rings is 2. The van der Waals surface area contributed by atoms with E-state index in [0.29, 0.717) is 10.6 Å². The standard InChI is InChI=1S/C18H17N3O/c1-13-8-10-15(11-9-13)19-12-17-14(2)20-21(18(17)22)16-6-4-3-5-7-16/h3-12,19-20H,2H2,1H3/b17-12-. The lowest BCUT2D eigenvalue weighted by atomic mass is 10.2. The largest absolute Gasteiger partial charge is 0.361 e. The number of anilines is 1. The number of H-pyrrole nitrogens is 1. The number of aromatic nitrogens is 2. The molecule has 1 heterocycles. The molecule has 3 aromatic rings. The number of aromatic amines is 1. The highest BCUT2D eigenvalue weighted by Crippen LogP contribution is 2.07. The van der Waals surface area contributed by atoms with Gasteiger partial charge in [-0.3, -0.25) is 9.89 Å². The van der Waals surface area contributed by atoms with Crippen LogP contribution in [0.2, 0.25) is 0 Å². The molecule has 0 atom stereocenters. The summed E-state index contributed by atoms with van der Waals surface area (Å²) in [6, 6.07) is 17.4. The molecule has 0 aliphatic rings. The second-order valence-electron chi connectivity index (χ2n) is 5.13. The zero-order chi connectivity index (χ0) is 15.5. The van der Waals surface area contributed by atoms with Crippen LogP contribution in [-0.4, -0.2) is 9.78 Å². The van der Waals surface area contributed by atoms with E-state index < -0.39 is 0 Å². The van der Waals surface area contributed by atoms with E-state index in [2.05, 4.69) is 17.0 Å². The normalized spacial score (nSPS) is 11.6. The Morgan fingerprint density at radius 3 is 2.45 bits per heavy atom. The van der Waals surface area contributed by atoms with Crippen molar-refractivity contribution < 1.29 is 0 Å². The maximum Gasteiger partial charge on any atom is 0.280 e. The van der Waals surface area contributed by atoms with E-state index in [4.69, 9.17) is 0 Å². The average molecular weight is 291 g/mol. The highest BCUT2D eigenvalue weighted by molar-refractivity contribution is 5.54. The van der Waals surface area contributed by atoms with Gasteiger partial charge in [0.15, 0.2) is 0 Å². The molecule has 4 heteroatoms. The van der Waals surface area contributed by atoms with Crippen molar-refractivity contribution in [2.45, 2.75) is 6.92 Å². The first-order valence-electron chi connectivity index (χ1n) is 7.04. The topological polar surface area (TPSA) is 49.8 Å². The smallest absolute Gasteiger partial charge is 0.280 e. The van der Waals surface area contributed by atoms with Gasteiger partial charge in [-0.1, -0.05) is 42.5 Å². The number of hydrogen-bond acceptors (Lipinski definition) is 2. The molecule has 0 bridgehead atoms. The Kier molecular flexibility index (Phi) is 3.66. The zero-order valence-electron chi connectivity index (χ0n) is 12.3. The molecule has 22 heavy (non-hydrogen) atoms. The van der Waals surface area contributed by atoms with Gasteiger partial charge in [-0.15, -0.1) is 0 Å². The Labute approximate surface area is 128 Å². The van der Waals surface area contributed by atoms with Gasteiger partial charge >= 0.3 is 0 Å². The lowest BCUT2D eigenvalue weighted by Gasteiger charge is -2.00. The van der Waals surface area contributed by atoms with Crippen LogP contribution < -0.4 is 21.4 Å². The first-order valence-corrected chi connectivity index (χ1v) is 7.04. The van der Waals surface area contributed by atoms with Crippen molar-refractivity contribution in [3.8, 4) is 5.69 Å². The van der Waals surface area contributed by atoms with Gasteiger partial charge in [0.1, 0.15) is 0 Å². The lowest BCUT2D eigenvalue weighted by molar-refractivity contribution is 0.838. The van der Waals surface area contributed by atoms with Crippen molar-refractivity contribution in [3.63, 3.8) is 0 Å². The molecule has 0 amide bonds. The summed E-state index contributed by atoms with van der Waals surface area (Å²) in [6.45, 7) is 5.94. The molecule has 0 fully saturated rings. The van der Waals surface area contributed by atoms with E-state index in [9.17, 15) is 4.79 Å². The van der Waals surface area contributed by atoms with E-state index >= 15 is 0 Å². The minimum Gasteiger partial charge on any atom is -0.361 e. The molecule has 1 aromatic heterocycles. The monoisotopic (exact) mass is 291 g/mol. The third-order valence-electron chi connectivity index (χ3n) is 3.45. The Bertz CT molecular complexity index is 935. The summed E-state index contributed by atoms with van der Waals surface area (Å²) in [6.07, 6.45) is 1.69. The van der Waals surface area contributed by atoms with Gasteiger partial charge in [0, 0.05) is 11.9 Å². The van der Waals surface area contributed by atoms with Gasteiger partial charge in [0.2, 0.25) is 0 Å². The number of nitrogens with one attached hydrogen (secondary N) is 2. The van der Waals surface area contributed by atoms with Crippen molar-refractivity contribution in [2.75, 3.05) is 5.32 Å². The Hall–Kier alpha value is -3.01. The minimum absolute atomic E-state index is 0.129. The van der Waals surface area contributed by atoms with E-state index in [1.807, 2.05) is 61.5 Å².